The highest BCUT2D eigenvalue weighted by Gasteiger charge is 2.29. The molecule has 0 aliphatic carbocycles. The fraction of sp³-hybridized carbons (Fsp3) is 0.714. The first-order valence-electron chi connectivity index (χ1n) is 7.56. The van der Waals surface area contributed by atoms with Crippen molar-refractivity contribution < 1.29 is 9.59 Å². The fourth-order valence-corrected chi connectivity index (χ4v) is 3.18. The van der Waals surface area contributed by atoms with Gasteiger partial charge in [0.1, 0.15) is 10.0 Å². The Bertz CT molecular complexity index is 531. The summed E-state index contributed by atoms with van der Waals surface area (Å²) in [4.78, 5) is 27.6. The van der Waals surface area contributed by atoms with E-state index in [0.717, 1.165) is 35.8 Å². The minimum atomic E-state index is -0.142. The zero-order valence-electron chi connectivity index (χ0n) is 13.3. The van der Waals surface area contributed by atoms with E-state index in [4.69, 9.17) is 0 Å². The molecular formula is C14H23N5O2S. The van der Waals surface area contributed by atoms with Crippen LogP contribution in [-0.4, -0.2) is 59.1 Å². The molecule has 0 spiro atoms. The number of hydrogen-bond acceptors (Lipinski definition) is 5. The average molecular weight is 325 g/mol. The Morgan fingerprint density at radius 3 is 2.73 bits per heavy atom. The highest BCUT2D eigenvalue weighted by Crippen LogP contribution is 2.18. The van der Waals surface area contributed by atoms with Crippen LogP contribution in [0.4, 0.5) is 4.79 Å². The number of carbonyl (C=O) groups is 2. The second-order valence-electron chi connectivity index (χ2n) is 5.62. The lowest BCUT2D eigenvalue weighted by atomic mass is 9.97. The largest absolute Gasteiger partial charge is 0.349 e. The van der Waals surface area contributed by atoms with Crippen LogP contribution in [0.25, 0.3) is 0 Å². The van der Waals surface area contributed by atoms with E-state index in [1.54, 1.807) is 23.9 Å². The highest BCUT2D eigenvalue weighted by atomic mass is 32.1. The molecule has 22 heavy (non-hydrogen) atoms. The van der Waals surface area contributed by atoms with Gasteiger partial charge in [-0.25, -0.2) is 4.79 Å². The molecule has 1 atom stereocenters. The number of hydrogen-bond donors (Lipinski definition) is 1. The summed E-state index contributed by atoms with van der Waals surface area (Å²) in [5.41, 5.74) is 0. The van der Waals surface area contributed by atoms with Crippen molar-refractivity contribution in [2.45, 2.75) is 32.7 Å². The number of nitrogens with one attached hydrogen (secondary N) is 1. The lowest BCUT2D eigenvalue weighted by molar-refractivity contribution is -0.126. The summed E-state index contributed by atoms with van der Waals surface area (Å²) in [6.07, 6.45) is 2.53. The summed E-state index contributed by atoms with van der Waals surface area (Å²) in [5.74, 6) is -0.152. The monoisotopic (exact) mass is 325 g/mol. The van der Waals surface area contributed by atoms with Crippen LogP contribution in [0.2, 0.25) is 0 Å². The molecule has 0 bridgehead atoms. The van der Waals surface area contributed by atoms with Gasteiger partial charge in [-0.1, -0.05) is 18.3 Å². The van der Waals surface area contributed by atoms with Crippen LogP contribution in [0.1, 0.15) is 29.8 Å². The second-order valence-corrected chi connectivity index (χ2v) is 6.77. The molecule has 1 N–H and O–H groups in total. The average Bonchev–Trinajstić information content (AvgIpc) is 3.00. The van der Waals surface area contributed by atoms with Gasteiger partial charge in [0.25, 0.3) is 0 Å². The van der Waals surface area contributed by atoms with E-state index < -0.39 is 0 Å². The lowest BCUT2D eigenvalue weighted by Crippen LogP contribution is -2.48. The summed E-state index contributed by atoms with van der Waals surface area (Å²) in [6, 6.07) is -0.0331. The molecule has 3 amide bonds. The Balaban J connectivity index is 1.85. The quantitative estimate of drug-likeness (QED) is 0.899. The van der Waals surface area contributed by atoms with Gasteiger partial charge < -0.3 is 15.1 Å². The van der Waals surface area contributed by atoms with Crippen molar-refractivity contribution in [2.75, 3.05) is 27.2 Å². The molecule has 122 valence electrons. The van der Waals surface area contributed by atoms with Gasteiger partial charge >= 0.3 is 6.03 Å². The van der Waals surface area contributed by atoms with E-state index >= 15 is 0 Å². The first kappa shape index (κ1) is 16.7. The molecular weight excluding hydrogens is 302 g/mol. The van der Waals surface area contributed by atoms with Crippen molar-refractivity contribution in [3.8, 4) is 0 Å². The molecule has 1 fully saturated rings. The van der Waals surface area contributed by atoms with Crippen LogP contribution in [0.3, 0.4) is 0 Å². The predicted octanol–water partition coefficient (Wildman–Crippen LogP) is 1.11. The molecule has 1 aliphatic heterocycles. The van der Waals surface area contributed by atoms with Crippen LogP contribution >= 0.6 is 11.3 Å². The maximum absolute atomic E-state index is 12.3. The zero-order valence-corrected chi connectivity index (χ0v) is 14.2. The van der Waals surface area contributed by atoms with Crippen molar-refractivity contribution in [3.63, 3.8) is 0 Å². The minimum absolute atomic E-state index is 0.00972. The van der Waals surface area contributed by atoms with Crippen LogP contribution in [0.15, 0.2) is 0 Å². The molecule has 0 saturated carbocycles. The number of nitrogens with zero attached hydrogens (tertiary/aromatic N) is 4. The third-order valence-corrected chi connectivity index (χ3v) is 4.74. The standard InChI is InChI=1S/C14H23N5O2S/c1-4-11-16-17-12(22-11)8-15-13(20)10-6-5-7-19(9-10)14(21)18(2)3/h10H,4-9H2,1-3H3,(H,15,20)/t10-/m0/s1. The first-order chi connectivity index (χ1) is 10.5. The Morgan fingerprint density at radius 1 is 1.36 bits per heavy atom. The van der Waals surface area contributed by atoms with E-state index in [-0.39, 0.29) is 17.9 Å². The number of urea groups is 1. The number of aromatic nitrogens is 2. The molecule has 0 unspecified atom stereocenters. The van der Waals surface area contributed by atoms with Crippen molar-refractivity contribution in [1.82, 2.24) is 25.3 Å². The van der Waals surface area contributed by atoms with Gasteiger partial charge in [0.2, 0.25) is 5.91 Å². The molecule has 1 aromatic rings. The summed E-state index contributed by atoms with van der Waals surface area (Å²) in [5, 5.41) is 12.8. The van der Waals surface area contributed by atoms with E-state index in [1.165, 1.54) is 11.3 Å². The van der Waals surface area contributed by atoms with Gasteiger partial charge in [0, 0.05) is 27.2 Å². The van der Waals surface area contributed by atoms with Crippen molar-refractivity contribution >= 4 is 23.3 Å². The molecule has 0 aromatic carbocycles. The summed E-state index contributed by atoms with van der Waals surface area (Å²) < 4.78 is 0. The molecule has 0 radical (unpaired) electrons. The smallest absolute Gasteiger partial charge is 0.319 e. The van der Waals surface area contributed by atoms with E-state index in [9.17, 15) is 9.59 Å². The van der Waals surface area contributed by atoms with Crippen LogP contribution in [0, 0.1) is 5.92 Å². The third-order valence-electron chi connectivity index (χ3n) is 3.67. The molecule has 8 heteroatoms. The van der Waals surface area contributed by atoms with Crippen LogP contribution < -0.4 is 5.32 Å². The number of rotatable bonds is 4. The molecule has 2 heterocycles. The van der Waals surface area contributed by atoms with Gasteiger partial charge in [0.05, 0.1) is 12.5 Å². The first-order valence-corrected chi connectivity index (χ1v) is 8.38. The molecule has 7 nitrogen and oxygen atoms in total. The van der Waals surface area contributed by atoms with Crippen LogP contribution in [-0.2, 0) is 17.8 Å². The molecule has 1 aliphatic rings. The van der Waals surface area contributed by atoms with Crippen molar-refractivity contribution in [2.24, 2.45) is 5.92 Å². The number of aryl methyl sites for hydroxylation is 1. The normalized spacial score (nSPS) is 18.1. The van der Waals surface area contributed by atoms with Gasteiger partial charge in [-0.3, -0.25) is 4.79 Å². The van der Waals surface area contributed by atoms with Crippen molar-refractivity contribution in [3.05, 3.63) is 10.0 Å². The summed E-state index contributed by atoms with van der Waals surface area (Å²) in [6.45, 7) is 3.64. The third kappa shape index (κ3) is 4.16. The number of amides is 3. The molecule has 1 aromatic heterocycles. The van der Waals surface area contributed by atoms with Gasteiger partial charge in [-0.05, 0) is 19.3 Å². The second kappa shape index (κ2) is 7.53. The molecule has 2 rings (SSSR count). The zero-order chi connectivity index (χ0) is 16.1. The number of piperidine rings is 1. The highest BCUT2D eigenvalue weighted by molar-refractivity contribution is 7.11. The Kier molecular flexibility index (Phi) is 5.70. The maximum atomic E-state index is 12.3. The minimum Gasteiger partial charge on any atom is -0.349 e. The van der Waals surface area contributed by atoms with Gasteiger partial charge in [-0.2, -0.15) is 0 Å². The SMILES string of the molecule is CCc1nnc(CNC(=O)[C@H]2CCCN(C(=O)N(C)C)C2)s1. The summed E-state index contributed by atoms with van der Waals surface area (Å²) in [7, 11) is 3.46. The Hall–Kier alpha value is -1.70. The van der Waals surface area contributed by atoms with E-state index in [0.29, 0.717) is 13.1 Å². The Morgan fingerprint density at radius 2 is 2.09 bits per heavy atom. The topological polar surface area (TPSA) is 78.4 Å². The van der Waals surface area contributed by atoms with Gasteiger partial charge in [0.15, 0.2) is 0 Å². The predicted molar refractivity (Wildman–Crippen MR) is 84.5 cm³/mol. The number of likely N-dealkylation sites (tertiary alicyclic amines) is 1. The fourth-order valence-electron chi connectivity index (χ4n) is 2.46. The molecule has 1 saturated heterocycles. The van der Waals surface area contributed by atoms with Crippen molar-refractivity contribution in [1.29, 1.82) is 0 Å². The summed E-state index contributed by atoms with van der Waals surface area (Å²) >= 11 is 1.52. The van der Waals surface area contributed by atoms with E-state index in [2.05, 4.69) is 15.5 Å². The van der Waals surface area contributed by atoms with E-state index in [1.807, 2.05) is 6.92 Å². The lowest BCUT2D eigenvalue weighted by Gasteiger charge is -2.33. The Labute approximate surface area is 134 Å². The van der Waals surface area contributed by atoms with Crippen LogP contribution in [0.5, 0.6) is 0 Å². The van der Waals surface area contributed by atoms with Gasteiger partial charge in [-0.15, -0.1) is 10.2 Å². The maximum Gasteiger partial charge on any atom is 0.319 e. The number of carbonyl (C=O) groups excluding carboxylic acids is 2.